The molecule has 0 unspecified atom stereocenters. The first-order valence-corrected chi connectivity index (χ1v) is 9.96. The molecule has 5 heteroatoms. The molecule has 0 heterocycles. The van der Waals surface area contributed by atoms with Crippen LogP contribution in [0.3, 0.4) is 0 Å². The molecule has 0 bridgehead atoms. The second-order valence-electron chi connectivity index (χ2n) is 7.23. The molecule has 0 aliphatic heterocycles. The lowest BCUT2D eigenvalue weighted by molar-refractivity contribution is -0.128. The van der Waals surface area contributed by atoms with Crippen molar-refractivity contribution in [3.63, 3.8) is 0 Å². The number of hydrogen-bond donors (Lipinski definition) is 2. The first-order valence-electron chi connectivity index (χ1n) is 9.96. The van der Waals surface area contributed by atoms with Gasteiger partial charge in [0, 0.05) is 12.1 Å². The van der Waals surface area contributed by atoms with Crippen LogP contribution in [0.2, 0.25) is 0 Å². The van der Waals surface area contributed by atoms with Gasteiger partial charge in [-0.2, -0.15) is 5.26 Å². The van der Waals surface area contributed by atoms with Gasteiger partial charge in [0.25, 0.3) is 0 Å². The molecule has 0 saturated heterocycles. The maximum Gasteiger partial charge on any atom is 0.244 e. The normalized spacial score (nSPS) is 19.8. The van der Waals surface area contributed by atoms with Crippen molar-refractivity contribution >= 4 is 17.9 Å². The van der Waals surface area contributed by atoms with Gasteiger partial charge in [-0.25, -0.2) is 0 Å². The zero-order valence-corrected chi connectivity index (χ0v) is 16.3. The third kappa shape index (κ3) is 5.79. The van der Waals surface area contributed by atoms with Crippen LogP contribution in [0.5, 0.6) is 0 Å². The van der Waals surface area contributed by atoms with Crippen molar-refractivity contribution < 1.29 is 9.59 Å². The van der Waals surface area contributed by atoms with Gasteiger partial charge in [-0.1, -0.05) is 73.5 Å². The number of nitriles is 1. The standard InChI is InChI=1S/C24H25N3O2/c25-17-22(19-11-5-2-6-12-19)27-24(29)20-13-7-8-14-21(20)26-23(28)16-15-18-9-3-1-4-10-18/h1-6,9-12,15-16,20-22H,7-8,13-14H2,(H,26,28)(H,27,29)/b16-15-/t20-,21+,22-/m1/s1. The van der Waals surface area contributed by atoms with Gasteiger partial charge < -0.3 is 10.6 Å². The van der Waals surface area contributed by atoms with Crippen LogP contribution in [0.25, 0.3) is 6.08 Å². The van der Waals surface area contributed by atoms with Gasteiger partial charge in [0.05, 0.1) is 12.0 Å². The number of rotatable bonds is 6. The monoisotopic (exact) mass is 387 g/mol. The summed E-state index contributed by atoms with van der Waals surface area (Å²) in [7, 11) is 0. The Hall–Kier alpha value is -3.39. The molecule has 0 radical (unpaired) electrons. The van der Waals surface area contributed by atoms with E-state index in [0.29, 0.717) is 6.42 Å². The molecule has 0 aromatic heterocycles. The second-order valence-corrected chi connectivity index (χ2v) is 7.23. The van der Waals surface area contributed by atoms with Gasteiger partial charge in [0.2, 0.25) is 11.8 Å². The lowest BCUT2D eigenvalue weighted by atomic mass is 9.83. The van der Waals surface area contributed by atoms with Crippen molar-refractivity contribution in [1.82, 2.24) is 10.6 Å². The molecule has 3 atom stereocenters. The summed E-state index contributed by atoms with van der Waals surface area (Å²) in [5, 5.41) is 15.3. The minimum atomic E-state index is -0.694. The largest absolute Gasteiger partial charge is 0.349 e. The summed E-state index contributed by atoms with van der Waals surface area (Å²) >= 11 is 0. The molecule has 148 valence electrons. The van der Waals surface area contributed by atoms with Gasteiger partial charge in [-0.3, -0.25) is 9.59 Å². The Morgan fingerprint density at radius 3 is 2.34 bits per heavy atom. The molecule has 2 aromatic rings. The summed E-state index contributed by atoms with van der Waals surface area (Å²) in [5.41, 5.74) is 1.70. The Kier molecular flexibility index (Phi) is 7.18. The zero-order valence-electron chi connectivity index (χ0n) is 16.3. The highest BCUT2D eigenvalue weighted by molar-refractivity contribution is 5.92. The molecule has 2 aromatic carbocycles. The lowest BCUT2D eigenvalue weighted by Gasteiger charge is -2.31. The van der Waals surface area contributed by atoms with Crippen molar-refractivity contribution in [2.75, 3.05) is 0 Å². The van der Waals surface area contributed by atoms with E-state index in [2.05, 4.69) is 16.7 Å². The summed E-state index contributed by atoms with van der Waals surface area (Å²) in [6.07, 6.45) is 6.62. The summed E-state index contributed by atoms with van der Waals surface area (Å²) < 4.78 is 0. The van der Waals surface area contributed by atoms with E-state index in [1.807, 2.05) is 60.7 Å². The average molecular weight is 387 g/mol. The quantitative estimate of drug-likeness (QED) is 0.741. The molecule has 1 saturated carbocycles. The van der Waals surface area contributed by atoms with Crippen LogP contribution >= 0.6 is 0 Å². The number of nitrogens with one attached hydrogen (secondary N) is 2. The van der Waals surface area contributed by atoms with E-state index in [1.165, 1.54) is 6.08 Å². The van der Waals surface area contributed by atoms with Gasteiger partial charge in [-0.05, 0) is 30.0 Å². The topological polar surface area (TPSA) is 82.0 Å². The van der Waals surface area contributed by atoms with Crippen molar-refractivity contribution in [2.24, 2.45) is 5.92 Å². The third-order valence-electron chi connectivity index (χ3n) is 5.21. The van der Waals surface area contributed by atoms with E-state index in [1.54, 1.807) is 6.08 Å². The number of carbonyl (C=O) groups excluding carboxylic acids is 2. The Morgan fingerprint density at radius 2 is 1.66 bits per heavy atom. The van der Waals surface area contributed by atoms with Crippen LogP contribution in [0.1, 0.15) is 42.9 Å². The smallest absolute Gasteiger partial charge is 0.244 e. The Labute approximate surface area is 171 Å². The highest BCUT2D eigenvalue weighted by atomic mass is 16.2. The van der Waals surface area contributed by atoms with Gasteiger partial charge in [0.1, 0.15) is 6.04 Å². The van der Waals surface area contributed by atoms with Crippen molar-refractivity contribution in [3.05, 3.63) is 77.9 Å². The molecule has 5 nitrogen and oxygen atoms in total. The maximum absolute atomic E-state index is 12.9. The maximum atomic E-state index is 12.9. The first kappa shape index (κ1) is 20.3. The van der Waals surface area contributed by atoms with Crippen LogP contribution in [0.15, 0.2) is 66.7 Å². The van der Waals surface area contributed by atoms with Crippen molar-refractivity contribution in [2.45, 2.75) is 37.8 Å². The van der Waals surface area contributed by atoms with E-state index in [4.69, 9.17) is 0 Å². The molecular formula is C24H25N3O2. The minimum Gasteiger partial charge on any atom is -0.349 e. The average Bonchev–Trinajstić information content (AvgIpc) is 2.77. The number of hydrogen-bond acceptors (Lipinski definition) is 3. The summed E-state index contributed by atoms with van der Waals surface area (Å²) in [6, 6.07) is 20.0. The lowest BCUT2D eigenvalue weighted by Crippen LogP contribution is -2.48. The molecule has 3 rings (SSSR count). The minimum absolute atomic E-state index is 0.183. The molecule has 0 spiro atoms. The van der Waals surface area contributed by atoms with Crippen LogP contribution in [0.4, 0.5) is 0 Å². The summed E-state index contributed by atoms with van der Waals surface area (Å²) in [5.74, 6) is -0.728. The highest BCUT2D eigenvalue weighted by Crippen LogP contribution is 2.26. The Morgan fingerprint density at radius 1 is 1.00 bits per heavy atom. The predicted octanol–water partition coefficient (Wildman–Crippen LogP) is 3.76. The Balaban J connectivity index is 1.62. The fraction of sp³-hybridized carbons (Fsp3) is 0.292. The third-order valence-corrected chi connectivity index (χ3v) is 5.21. The molecular weight excluding hydrogens is 362 g/mol. The number of amides is 2. The van der Waals surface area contributed by atoms with E-state index in [0.717, 1.165) is 30.4 Å². The molecule has 2 N–H and O–H groups in total. The van der Waals surface area contributed by atoms with Crippen molar-refractivity contribution in [3.8, 4) is 6.07 Å². The van der Waals surface area contributed by atoms with Gasteiger partial charge in [-0.15, -0.1) is 0 Å². The fourth-order valence-corrected chi connectivity index (χ4v) is 3.67. The van der Waals surface area contributed by atoms with Gasteiger partial charge in [0.15, 0.2) is 0 Å². The predicted molar refractivity (Wildman–Crippen MR) is 112 cm³/mol. The number of benzene rings is 2. The number of nitrogens with zero attached hydrogens (tertiary/aromatic N) is 1. The molecule has 29 heavy (non-hydrogen) atoms. The molecule has 1 fully saturated rings. The summed E-state index contributed by atoms with van der Waals surface area (Å²) in [6.45, 7) is 0. The van der Waals surface area contributed by atoms with E-state index in [-0.39, 0.29) is 23.8 Å². The van der Waals surface area contributed by atoms with Crippen molar-refractivity contribution in [1.29, 1.82) is 5.26 Å². The SMILES string of the molecule is N#C[C@@H](NC(=O)[C@@H]1CCCC[C@@H]1NC(=O)/C=C\c1ccccc1)c1ccccc1. The molecule has 1 aliphatic carbocycles. The Bertz CT molecular complexity index is 887. The van der Waals surface area contributed by atoms with Crippen LogP contribution in [-0.2, 0) is 9.59 Å². The summed E-state index contributed by atoms with van der Waals surface area (Å²) in [4.78, 5) is 25.3. The molecule has 1 aliphatic rings. The first-order chi connectivity index (χ1) is 14.2. The fourth-order valence-electron chi connectivity index (χ4n) is 3.67. The van der Waals surface area contributed by atoms with Crippen LogP contribution in [0, 0.1) is 17.2 Å². The van der Waals surface area contributed by atoms with Gasteiger partial charge >= 0.3 is 0 Å². The van der Waals surface area contributed by atoms with E-state index >= 15 is 0 Å². The highest BCUT2D eigenvalue weighted by Gasteiger charge is 2.32. The zero-order chi connectivity index (χ0) is 20.5. The van der Waals surface area contributed by atoms with E-state index < -0.39 is 6.04 Å². The van der Waals surface area contributed by atoms with E-state index in [9.17, 15) is 14.9 Å². The molecule has 2 amide bonds. The number of carbonyl (C=O) groups is 2. The van der Waals surface area contributed by atoms with Crippen LogP contribution < -0.4 is 10.6 Å². The van der Waals surface area contributed by atoms with Crippen LogP contribution in [-0.4, -0.2) is 17.9 Å². The second kappa shape index (κ2) is 10.2.